The molecule has 1 saturated heterocycles. The molecule has 1 aliphatic heterocycles. The van der Waals surface area contributed by atoms with Gasteiger partial charge in [0, 0.05) is 53.9 Å². The number of nitrogens with zero attached hydrogens (tertiary/aromatic N) is 2. The first-order valence-electron chi connectivity index (χ1n) is 9.13. The molecule has 0 unspecified atom stereocenters. The zero-order valence-electron chi connectivity index (χ0n) is 15.9. The molecule has 1 aromatic heterocycles. The van der Waals surface area contributed by atoms with Crippen LogP contribution in [0.25, 0.3) is 10.9 Å². The minimum atomic E-state index is -0.000113. The Balaban J connectivity index is 1.49. The number of anilines is 1. The highest BCUT2D eigenvalue weighted by molar-refractivity contribution is 6.30. The molecule has 1 amide bonds. The molecule has 2 aromatic carbocycles. The van der Waals surface area contributed by atoms with Gasteiger partial charge in [0.1, 0.15) is 5.69 Å². The van der Waals surface area contributed by atoms with Crippen LogP contribution in [0.4, 0.5) is 5.69 Å². The number of amides is 1. The van der Waals surface area contributed by atoms with Crippen molar-refractivity contribution in [1.29, 1.82) is 0 Å². The van der Waals surface area contributed by atoms with Crippen LogP contribution in [0.2, 0.25) is 5.02 Å². The summed E-state index contributed by atoms with van der Waals surface area (Å²) < 4.78 is 10.7. The maximum atomic E-state index is 13.0. The Morgan fingerprint density at radius 3 is 2.39 bits per heavy atom. The molecule has 0 saturated carbocycles. The fourth-order valence-corrected chi connectivity index (χ4v) is 3.77. The van der Waals surface area contributed by atoms with Crippen LogP contribution >= 0.6 is 11.6 Å². The summed E-state index contributed by atoms with van der Waals surface area (Å²) in [4.78, 5) is 20.3. The van der Waals surface area contributed by atoms with E-state index in [-0.39, 0.29) is 5.91 Å². The zero-order chi connectivity index (χ0) is 19.7. The highest BCUT2D eigenvalue weighted by atomic mass is 35.5. The van der Waals surface area contributed by atoms with Gasteiger partial charge >= 0.3 is 0 Å². The van der Waals surface area contributed by atoms with E-state index in [0.717, 1.165) is 34.7 Å². The summed E-state index contributed by atoms with van der Waals surface area (Å²) in [5, 5.41) is 1.64. The lowest BCUT2D eigenvalue weighted by Crippen LogP contribution is -2.48. The largest absolute Gasteiger partial charge is 0.493 e. The summed E-state index contributed by atoms with van der Waals surface area (Å²) in [6.07, 6.45) is 0. The average Bonchev–Trinajstić information content (AvgIpc) is 3.15. The summed E-state index contributed by atoms with van der Waals surface area (Å²) in [6.45, 7) is 2.86. The fraction of sp³-hybridized carbons (Fsp3) is 0.286. The molecule has 0 aliphatic carbocycles. The molecule has 1 aliphatic rings. The van der Waals surface area contributed by atoms with Crippen molar-refractivity contribution in [2.75, 3.05) is 45.3 Å². The predicted molar refractivity (Wildman–Crippen MR) is 111 cm³/mol. The molecule has 0 atom stereocenters. The van der Waals surface area contributed by atoms with Crippen molar-refractivity contribution in [2.45, 2.75) is 0 Å². The van der Waals surface area contributed by atoms with Crippen molar-refractivity contribution in [2.24, 2.45) is 0 Å². The van der Waals surface area contributed by atoms with E-state index in [1.807, 2.05) is 47.4 Å². The number of halogens is 1. The quantitative estimate of drug-likeness (QED) is 0.725. The molecule has 3 aromatic rings. The van der Waals surface area contributed by atoms with E-state index in [2.05, 4.69) is 9.88 Å². The highest BCUT2D eigenvalue weighted by Crippen LogP contribution is 2.32. The molecule has 28 heavy (non-hydrogen) atoms. The van der Waals surface area contributed by atoms with Crippen LogP contribution in [0.1, 0.15) is 10.5 Å². The fourth-order valence-electron chi connectivity index (χ4n) is 3.59. The van der Waals surface area contributed by atoms with Crippen molar-refractivity contribution in [3.8, 4) is 11.5 Å². The topological polar surface area (TPSA) is 57.8 Å². The molecular formula is C21H22ClN3O3. The Kier molecular flexibility index (Phi) is 5.05. The summed E-state index contributed by atoms with van der Waals surface area (Å²) >= 11 is 6.09. The number of aromatic nitrogens is 1. The van der Waals surface area contributed by atoms with Gasteiger partial charge in [0.15, 0.2) is 11.5 Å². The molecule has 2 heterocycles. The van der Waals surface area contributed by atoms with Crippen LogP contribution in [0.15, 0.2) is 42.5 Å². The Hall–Kier alpha value is -2.86. The third-order valence-electron chi connectivity index (χ3n) is 5.10. The monoisotopic (exact) mass is 399 g/mol. The van der Waals surface area contributed by atoms with Crippen molar-refractivity contribution in [3.05, 3.63) is 53.2 Å². The number of H-pyrrole nitrogens is 1. The zero-order valence-corrected chi connectivity index (χ0v) is 16.6. The number of methoxy groups -OCH3 is 2. The molecule has 0 spiro atoms. The van der Waals surface area contributed by atoms with Gasteiger partial charge in [-0.05, 0) is 30.3 Å². The Morgan fingerprint density at radius 1 is 1.00 bits per heavy atom. The van der Waals surface area contributed by atoms with E-state index < -0.39 is 0 Å². The number of nitrogens with one attached hydrogen (secondary N) is 1. The van der Waals surface area contributed by atoms with Crippen LogP contribution in [0.5, 0.6) is 11.5 Å². The molecular weight excluding hydrogens is 378 g/mol. The summed E-state index contributed by atoms with van der Waals surface area (Å²) in [5.41, 5.74) is 2.50. The number of ether oxygens (including phenoxy) is 2. The van der Waals surface area contributed by atoms with Gasteiger partial charge in [-0.25, -0.2) is 0 Å². The normalized spacial score (nSPS) is 14.4. The maximum Gasteiger partial charge on any atom is 0.270 e. The van der Waals surface area contributed by atoms with Crippen molar-refractivity contribution in [1.82, 2.24) is 9.88 Å². The average molecular weight is 400 g/mol. The number of hydrogen-bond acceptors (Lipinski definition) is 4. The first kappa shape index (κ1) is 18.5. The van der Waals surface area contributed by atoms with Gasteiger partial charge in [0.05, 0.1) is 14.2 Å². The van der Waals surface area contributed by atoms with Gasteiger partial charge in [-0.1, -0.05) is 17.7 Å². The van der Waals surface area contributed by atoms with Crippen LogP contribution in [-0.4, -0.2) is 56.2 Å². The maximum absolute atomic E-state index is 13.0. The van der Waals surface area contributed by atoms with E-state index in [9.17, 15) is 4.79 Å². The number of piperazine rings is 1. The van der Waals surface area contributed by atoms with Crippen LogP contribution in [-0.2, 0) is 0 Å². The minimum Gasteiger partial charge on any atom is -0.493 e. The molecule has 146 valence electrons. The number of fused-ring (bicyclic) bond motifs is 1. The second-order valence-electron chi connectivity index (χ2n) is 6.74. The van der Waals surface area contributed by atoms with Gasteiger partial charge in [-0.15, -0.1) is 0 Å². The summed E-state index contributed by atoms with van der Waals surface area (Å²) in [7, 11) is 3.19. The summed E-state index contributed by atoms with van der Waals surface area (Å²) in [5.74, 6) is 1.27. The number of hydrogen-bond donors (Lipinski definition) is 1. The lowest BCUT2D eigenvalue weighted by Gasteiger charge is -2.36. The first-order chi connectivity index (χ1) is 13.6. The third kappa shape index (κ3) is 3.47. The van der Waals surface area contributed by atoms with Gasteiger partial charge in [-0.3, -0.25) is 4.79 Å². The van der Waals surface area contributed by atoms with E-state index in [1.165, 1.54) is 0 Å². The molecule has 6 nitrogen and oxygen atoms in total. The molecule has 1 N–H and O–H groups in total. The molecule has 0 bridgehead atoms. The van der Waals surface area contributed by atoms with Crippen LogP contribution in [0, 0.1) is 0 Å². The first-order valence-corrected chi connectivity index (χ1v) is 9.51. The number of carbonyl (C=O) groups excluding carboxylic acids is 1. The molecule has 0 radical (unpaired) electrons. The Bertz CT molecular complexity index is 968. The highest BCUT2D eigenvalue weighted by Gasteiger charge is 2.24. The van der Waals surface area contributed by atoms with Gasteiger partial charge < -0.3 is 24.3 Å². The molecule has 4 rings (SSSR count). The van der Waals surface area contributed by atoms with E-state index in [4.69, 9.17) is 21.1 Å². The van der Waals surface area contributed by atoms with Crippen molar-refractivity contribution >= 4 is 34.1 Å². The Morgan fingerprint density at radius 2 is 1.71 bits per heavy atom. The van der Waals surface area contributed by atoms with Gasteiger partial charge in [0.2, 0.25) is 0 Å². The number of rotatable bonds is 4. The predicted octanol–water partition coefficient (Wildman–Crippen LogP) is 3.80. The third-order valence-corrected chi connectivity index (χ3v) is 5.33. The lowest BCUT2D eigenvalue weighted by molar-refractivity contribution is 0.0742. The molecule has 1 fully saturated rings. The van der Waals surface area contributed by atoms with Gasteiger partial charge in [0.25, 0.3) is 5.91 Å². The van der Waals surface area contributed by atoms with Crippen LogP contribution in [0.3, 0.4) is 0 Å². The number of aromatic amines is 1. The van der Waals surface area contributed by atoms with Crippen molar-refractivity contribution in [3.63, 3.8) is 0 Å². The van der Waals surface area contributed by atoms with Crippen molar-refractivity contribution < 1.29 is 14.3 Å². The van der Waals surface area contributed by atoms with E-state index in [1.54, 1.807) is 14.2 Å². The second-order valence-corrected chi connectivity index (χ2v) is 7.17. The smallest absolute Gasteiger partial charge is 0.270 e. The lowest BCUT2D eigenvalue weighted by atomic mass is 10.2. The second kappa shape index (κ2) is 7.64. The standard InChI is InChI=1S/C21H22ClN3O3/c1-27-19-11-14-10-18(23-17(14)13-20(19)28-2)21(26)25-8-6-24(7-9-25)16-5-3-4-15(22)12-16/h3-5,10-13,23H,6-9H2,1-2H3. The SMILES string of the molecule is COc1cc2cc(C(=O)N3CCN(c4cccc(Cl)c4)CC3)[nH]c2cc1OC. The van der Waals surface area contributed by atoms with E-state index >= 15 is 0 Å². The minimum absolute atomic E-state index is 0.000113. The number of benzene rings is 2. The molecule has 7 heteroatoms. The van der Waals surface area contributed by atoms with Gasteiger partial charge in [-0.2, -0.15) is 0 Å². The van der Waals surface area contributed by atoms with E-state index in [0.29, 0.717) is 30.3 Å². The summed E-state index contributed by atoms with van der Waals surface area (Å²) in [6, 6.07) is 13.4. The van der Waals surface area contributed by atoms with Crippen LogP contribution < -0.4 is 14.4 Å². The number of carbonyl (C=O) groups is 1. The Labute approximate surface area is 168 Å².